The minimum atomic E-state index is -3.02. The number of nitriles is 1. The normalized spacial score (nSPS) is 15.5. The molecule has 1 amide bonds. The number of morpholine rings is 1. The fourth-order valence-electron chi connectivity index (χ4n) is 3.33. The van der Waals surface area contributed by atoms with Crippen LogP contribution in [0, 0.1) is 11.3 Å². The molecule has 1 aliphatic heterocycles. The maximum absolute atomic E-state index is 13.2. The van der Waals surface area contributed by atoms with Crippen molar-refractivity contribution in [1.82, 2.24) is 9.47 Å². The molecular formula is C22H23F2N3O5S. The molecule has 3 rings (SSSR count). The first-order valence-electron chi connectivity index (χ1n) is 10.2. The summed E-state index contributed by atoms with van der Waals surface area (Å²) in [4.78, 5) is 27.7. The quantitative estimate of drug-likeness (QED) is 0.523. The lowest BCUT2D eigenvalue weighted by atomic mass is 10.2. The summed E-state index contributed by atoms with van der Waals surface area (Å²) in [6, 6.07) is 8.04. The molecule has 0 spiro atoms. The van der Waals surface area contributed by atoms with Crippen molar-refractivity contribution in [2.24, 2.45) is 0 Å². The topological polar surface area (TPSA) is 93.8 Å². The lowest BCUT2D eigenvalue weighted by Gasteiger charge is -2.26. The van der Waals surface area contributed by atoms with Crippen LogP contribution < -0.4 is 19.5 Å². The van der Waals surface area contributed by atoms with E-state index in [0.29, 0.717) is 39.3 Å². The van der Waals surface area contributed by atoms with E-state index in [2.05, 4.69) is 4.74 Å². The van der Waals surface area contributed by atoms with Gasteiger partial charge in [0.25, 0.3) is 11.5 Å². The van der Waals surface area contributed by atoms with E-state index in [1.54, 1.807) is 18.2 Å². The molecule has 8 nitrogen and oxygen atoms in total. The summed E-state index contributed by atoms with van der Waals surface area (Å²) in [6.45, 7) is -0.978. The van der Waals surface area contributed by atoms with Gasteiger partial charge in [-0.05, 0) is 18.6 Å². The van der Waals surface area contributed by atoms with E-state index in [4.69, 9.17) is 9.47 Å². The Hall–Kier alpha value is -3.07. The third kappa shape index (κ3) is 6.04. The minimum Gasteiger partial charge on any atom is -0.434 e. The summed E-state index contributed by atoms with van der Waals surface area (Å²) in [5.41, 5.74) is -0.293. The summed E-state index contributed by atoms with van der Waals surface area (Å²) in [7, 11) is 1.53. The standard InChI is InChI=1S/C22H23F2N3O5S/c1-30-10-4-7-27-20(29)18(13-15-5-2-3-6-17(15)32-22(23)24)33-21(27)16(14-25)19(28)26-8-11-31-12-9-26/h2-3,5-6,13,22H,4,7-12H2,1H3/b18-13-,21-16+. The van der Waals surface area contributed by atoms with Crippen LogP contribution in [0.2, 0.25) is 0 Å². The zero-order valence-electron chi connectivity index (χ0n) is 18.0. The molecule has 0 atom stereocenters. The number of nitrogens with zero attached hydrogens (tertiary/aromatic N) is 3. The van der Waals surface area contributed by atoms with Gasteiger partial charge < -0.3 is 19.1 Å². The minimum absolute atomic E-state index is 0.0818. The number of carbonyl (C=O) groups excluding carboxylic acids is 1. The van der Waals surface area contributed by atoms with Crippen LogP contribution in [0.4, 0.5) is 8.78 Å². The first-order valence-corrected chi connectivity index (χ1v) is 11.0. The molecule has 1 aliphatic rings. The number of para-hydroxylation sites is 1. The van der Waals surface area contributed by atoms with Gasteiger partial charge in [-0.1, -0.05) is 18.2 Å². The van der Waals surface area contributed by atoms with Crippen LogP contribution in [0.15, 0.2) is 29.1 Å². The predicted octanol–water partition coefficient (Wildman–Crippen LogP) is 0.910. The highest BCUT2D eigenvalue weighted by molar-refractivity contribution is 7.07. The fraction of sp³-hybridized carbons (Fsp3) is 0.409. The molecule has 0 radical (unpaired) electrons. The second-order valence-corrected chi connectivity index (χ2v) is 8.06. The summed E-state index contributed by atoms with van der Waals surface area (Å²) < 4.78 is 42.2. The first kappa shape index (κ1) is 24.6. The molecule has 0 bridgehead atoms. The van der Waals surface area contributed by atoms with Crippen LogP contribution in [0.5, 0.6) is 5.75 Å². The van der Waals surface area contributed by atoms with Gasteiger partial charge in [-0.15, -0.1) is 11.3 Å². The van der Waals surface area contributed by atoms with E-state index >= 15 is 0 Å². The largest absolute Gasteiger partial charge is 0.434 e. The molecule has 2 heterocycles. The van der Waals surface area contributed by atoms with Crippen molar-refractivity contribution in [3.63, 3.8) is 0 Å². The van der Waals surface area contributed by atoms with E-state index in [0.717, 1.165) is 11.3 Å². The van der Waals surface area contributed by atoms with Crippen molar-refractivity contribution in [2.75, 3.05) is 40.0 Å². The smallest absolute Gasteiger partial charge is 0.387 e. The van der Waals surface area contributed by atoms with Gasteiger partial charge in [0.05, 0.1) is 17.7 Å². The second-order valence-electron chi connectivity index (χ2n) is 7.03. The zero-order chi connectivity index (χ0) is 23.8. The molecule has 176 valence electrons. The second kappa shape index (κ2) is 11.7. The molecule has 33 heavy (non-hydrogen) atoms. The Kier molecular flexibility index (Phi) is 8.71. The van der Waals surface area contributed by atoms with Crippen molar-refractivity contribution in [3.05, 3.63) is 49.4 Å². The number of aromatic nitrogens is 1. The van der Waals surface area contributed by atoms with Crippen LogP contribution >= 0.6 is 11.3 Å². The molecule has 1 fully saturated rings. The summed E-state index contributed by atoms with van der Waals surface area (Å²) in [6.07, 6.45) is 1.91. The van der Waals surface area contributed by atoms with Crippen molar-refractivity contribution in [3.8, 4) is 11.8 Å². The molecule has 2 aromatic rings. The van der Waals surface area contributed by atoms with Crippen LogP contribution in [0.1, 0.15) is 12.0 Å². The van der Waals surface area contributed by atoms with Crippen LogP contribution in [-0.2, 0) is 20.8 Å². The fourth-order valence-corrected chi connectivity index (χ4v) is 4.44. The number of hydrogen-bond donors (Lipinski definition) is 0. The lowest BCUT2D eigenvalue weighted by Crippen LogP contribution is -2.43. The number of thiazole rings is 1. The summed E-state index contributed by atoms with van der Waals surface area (Å²) in [5, 5.41) is 9.80. The Morgan fingerprint density at radius 2 is 2.06 bits per heavy atom. The molecule has 0 aliphatic carbocycles. The molecule has 0 saturated carbocycles. The van der Waals surface area contributed by atoms with Crippen LogP contribution in [0.3, 0.4) is 0 Å². The van der Waals surface area contributed by atoms with Gasteiger partial charge in [-0.25, -0.2) is 0 Å². The summed E-state index contributed by atoms with van der Waals surface area (Å²) in [5.74, 6) is -0.558. The number of amides is 1. The van der Waals surface area contributed by atoms with Crippen LogP contribution in [0.25, 0.3) is 11.6 Å². The van der Waals surface area contributed by atoms with Crippen molar-refractivity contribution < 1.29 is 27.8 Å². The number of carbonyl (C=O) groups is 1. The number of ether oxygens (including phenoxy) is 3. The van der Waals surface area contributed by atoms with Crippen LogP contribution in [-0.4, -0.2) is 62.0 Å². The van der Waals surface area contributed by atoms with Crippen molar-refractivity contribution in [2.45, 2.75) is 19.6 Å². The molecule has 11 heteroatoms. The predicted molar refractivity (Wildman–Crippen MR) is 117 cm³/mol. The Balaban J connectivity index is 2.17. The van der Waals surface area contributed by atoms with E-state index in [9.17, 15) is 23.6 Å². The summed E-state index contributed by atoms with van der Waals surface area (Å²) >= 11 is 0.964. The third-order valence-electron chi connectivity index (χ3n) is 4.90. The number of halogens is 2. The number of benzene rings is 1. The Morgan fingerprint density at radius 3 is 2.73 bits per heavy atom. The molecular weight excluding hydrogens is 456 g/mol. The zero-order valence-corrected chi connectivity index (χ0v) is 18.8. The maximum Gasteiger partial charge on any atom is 0.387 e. The average molecular weight is 480 g/mol. The van der Waals surface area contributed by atoms with Crippen molar-refractivity contribution in [1.29, 1.82) is 5.26 Å². The highest BCUT2D eigenvalue weighted by atomic mass is 32.1. The monoisotopic (exact) mass is 479 g/mol. The van der Waals surface area contributed by atoms with E-state index in [-0.39, 0.29) is 32.6 Å². The number of hydrogen-bond acceptors (Lipinski definition) is 7. The molecule has 0 N–H and O–H groups in total. The highest BCUT2D eigenvalue weighted by Gasteiger charge is 2.23. The number of alkyl halides is 2. The molecule has 1 saturated heterocycles. The van der Waals surface area contributed by atoms with Gasteiger partial charge in [-0.3, -0.25) is 14.2 Å². The molecule has 1 aromatic carbocycles. The SMILES string of the molecule is COCCCn1c(=O)/c(=C/c2ccccc2OC(F)F)s/c1=C(\C#N)C(=O)N1CCOCC1. The van der Waals surface area contributed by atoms with Gasteiger partial charge >= 0.3 is 6.61 Å². The van der Waals surface area contributed by atoms with E-state index in [1.165, 1.54) is 28.7 Å². The highest BCUT2D eigenvalue weighted by Crippen LogP contribution is 2.20. The van der Waals surface area contributed by atoms with Gasteiger partial charge in [0.2, 0.25) is 0 Å². The number of methoxy groups -OCH3 is 1. The lowest BCUT2D eigenvalue weighted by molar-refractivity contribution is -0.128. The van der Waals surface area contributed by atoms with Crippen molar-refractivity contribution >= 4 is 28.9 Å². The van der Waals surface area contributed by atoms with E-state index < -0.39 is 18.1 Å². The van der Waals surface area contributed by atoms with Gasteiger partial charge in [-0.2, -0.15) is 14.0 Å². The molecule has 1 aromatic heterocycles. The van der Waals surface area contributed by atoms with E-state index in [1.807, 2.05) is 6.07 Å². The van der Waals surface area contributed by atoms with Gasteiger partial charge in [0.1, 0.15) is 16.5 Å². The maximum atomic E-state index is 13.2. The Labute approximate surface area is 192 Å². The Bertz CT molecular complexity index is 1200. The molecule has 0 unspecified atom stereocenters. The number of rotatable bonds is 8. The van der Waals surface area contributed by atoms with Gasteiger partial charge in [0.15, 0.2) is 5.57 Å². The third-order valence-corrected chi connectivity index (χ3v) is 6.03. The Morgan fingerprint density at radius 1 is 1.33 bits per heavy atom. The average Bonchev–Trinajstić information content (AvgIpc) is 3.11. The van der Waals surface area contributed by atoms with Gasteiger partial charge in [0, 0.05) is 38.9 Å². The first-order chi connectivity index (χ1) is 16.0.